The summed E-state index contributed by atoms with van der Waals surface area (Å²) >= 11 is 0. The van der Waals surface area contributed by atoms with Gasteiger partial charge in [-0.05, 0) is 0 Å². The third kappa shape index (κ3) is 1.56. The lowest BCUT2D eigenvalue weighted by atomic mass is 10.2. The molecule has 1 N–H and O–H groups in total. The summed E-state index contributed by atoms with van der Waals surface area (Å²) in [7, 11) is 0. The second-order valence-corrected chi connectivity index (χ2v) is 2.95. The Kier molecular flexibility index (Phi) is 2.14. The van der Waals surface area contributed by atoms with E-state index in [9.17, 15) is 4.79 Å². The van der Waals surface area contributed by atoms with Crippen molar-refractivity contribution < 1.29 is 9.90 Å². The minimum absolute atomic E-state index is 0.0988. The van der Waals surface area contributed by atoms with Crippen LogP contribution in [0.4, 0.5) is 0 Å². The van der Waals surface area contributed by atoms with E-state index in [2.05, 4.69) is 9.97 Å². The predicted molar refractivity (Wildman–Crippen MR) is 48.9 cm³/mol. The number of aromatic nitrogens is 3. The van der Waals surface area contributed by atoms with E-state index in [1.54, 1.807) is 24.9 Å². The average Bonchev–Trinajstić information content (AvgIpc) is 2.58. The molecule has 2 aromatic rings. The number of hydrogen-bond donors (Lipinski definition) is 1. The van der Waals surface area contributed by atoms with Crippen LogP contribution in [0.3, 0.4) is 0 Å². The van der Waals surface area contributed by atoms with Gasteiger partial charge in [0, 0.05) is 18.8 Å². The van der Waals surface area contributed by atoms with E-state index in [4.69, 9.17) is 5.11 Å². The summed E-state index contributed by atoms with van der Waals surface area (Å²) in [6, 6.07) is 0. The summed E-state index contributed by atoms with van der Waals surface area (Å²) in [5, 5.41) is 8.53. The zero-order valence-corrected chi connectivity index (χ0v) is 7.42. The molecule has 0 radical (unpaired) electrons. The standard InChI is InChI=1S/C9H9N3O2/c13-9(14)2-1-7-8-5-10-3-4-12(8)6-11-7/h3-6H,1-2H2,(H,13,14). The Labute approximate surface area is 80.0 Å². The van der Waals surface area contributed by atoms with Gasteiger partial charge in [-0.3, -0.25) is 9.78 Å². The zero-order chi connectivity index (χ0) is 9.97. The Bertz CT molecular complexity index is 464. The molecule has 0 bridgehead atoms. The summed E-state index contributed by atoms with van der Waals surface area (Å²) in [5.74, 6) is -0.810. The van der Waals surface area contributed by atoms with Crippen LogP contribution in [-0.2, 0) is 11.2 Å². The molecule has 0 unspecified atom stereocenters. The number of nitrogens with zero attached hydrogens (tertiary/aromatic N) is 3. The molecule has 0 spiro atoms. The summed E-state index contributed by atoms with van der Waals surface area (Å²) in [5.41, 5.74) is 1.65. The number of aliphatic carboxylic acids is 1. The molecule has 2 aromatic heterocycles. The number of carboxylic acids is 1. The fourth-order valence-corrected chi connectivity index (χ4v) is 1.31. The molecule has 5 heteroatoms. The first kappa shape index (κ1) is 8.68. The maximum absolute atomic E-state index is 10.4. The molecule has 0 saturated heterocycles. The van der Waals surface area contributed by atoms with Crippen molar-refractivity contribution in [2.75, 3.05) is 0 Å². The van der Waals surface area contributed by atoms with Gasteiger partial charge in [-0.1, -0.05) is 0 Å². The van der Waals surface area contributed by atoms with Crippen molar-refractivity contribution >= 4 is 11.5 Å². The van der Waals surface area contributed by atoms with E-state index in [0.29, 0.717) is 6.42 Å². The molecule has 0 aliphatic rings. The first-order valence-corrected chi connectivity index (χ1v) is 4.25. The molecule has 0 atom stereocenters. The third-order valence-corrected chi connectivity index (χ3v) is 2.00. The van der Waals surface area contributed by atoms with Gasteiger partial charge >= 0.3 is 5.97 Å². The van der Waals surface area contributed by atoms with Gasteiger partial charge in [0.05, 0.1) is 30.2 Å². The lowest BCUT2D eigenvalue weighted by Gasteiger charge is -1.94. The summed E-state index contributed by atoms with van der Waals surface area (Å²) in [6.07, 6.45) is 7.33. The van der Waals surface area contributed by atoms with Crippen molar-refractivity contribution in [3.05, 3.63) is 30.6 Å². The van der Waals surface area contributed by atoms with E-state index in [1.165, 1.54) is 0 Å². The first-order chi connectivity index (χ1) is 6.77. The maximum atomic E-state index is 10.4. The van der Waals surface area contributed by atoms with Crippen molar-refractivity contribution in [1.29, 1.82) is 0 Å². The van der Waals surface area contributed by atoms with Gasteiger partial charge in [0.25, 0.3) is 0 Å². The molecule has 0 amide bonds. The number of fused-ring (bicyclic) bond motifs is 1. The SMILES string of the molecule is O=C(O)CCc1ncn2ccncc12. The first-order valence-electron chi connectivity index (χ1n) is 4.25. The van der Waals surface area contributed by atoms with Gasteiger partial charge in [-0.15, -0.1) is 0 Å². The van der Waals surface area contributed by atoms with E-state index in [-0.39, 0.29) is 6.42 Å². The van der Waals surface area contributed by atoms with Gasteiger partial charge < -0.3 is 9.51 Å². The van der Waals surface area contributed by atoms with E-state index < -0.39 is 5.97 Å². The minimum atomic E-state index is -0.810. The molecule has 0 fully saturated rings. The lowest BCUT2D eigenvalue weighted by molar-refractivity contribution is -0.136. The molecule has 72 valence electrons. The average molecular weight is 191 g/mol. The Morgan fingerprint density at radius 2 is 2.43 bits per heavy atom. The van der Waals surface area contributed by atoms with E-state index >= 15 is 0 Å². The summed E-state index contributed by atoms with van der Waals surface area (Å²) in [6.45, 7) is 0. The summed E-state index contributed by atoms with van der Waals surface area (Å²) < 4.78 is 1.82. The van der Waals surface area contributed by atoms with E-state index in [1.807, 2.05) is 4.40 Å². The highest BCUT2D eigenvalue weighted by molar-refractivity contribution is 5.67. The predicted octanol–water partition coefficient (Wildman–Crippen LogP) is 0.747. The Morgan fingerprint density at radius 3 is 3.21 bits per heavy atom. The number of rotatable bonds is 3. The van der Waals surface area contributed by atoms with Crippen molar-refractivity contribution in [2.24, 2.45) is 0 Å². The van der Waals surface area contributed by atoms with Crippen LogP contribution in [0.15, 0.2) is 24.9 Å². The summed E-state index contributed by atoms with van der Waals surface area (Å²) in [4.78, 5) is 18.5. The normalized spacial score (nSPS) is 10.6. The number of hydrogen-bond acceptors (Lipinski definition) is 3. The van der Waals surface area contributed by atoms with Crippen LogP contribution in [0.1, 0.15) is 12.1 Å². The van der Waals surface area contributed by atoms with Crippen LogP contribution in [0, 0.1) is 0 Å². The smallest absolute Gasteiger partial charge is 0.303 e. The molecule has 14 heavy (non-hydrogen) atoms. The Morgan fingerprint density at radius 1 is 1.57 bits per heavy atom. The molecule has 5 nitrogen and oxygen atoms in total. The molecular formula is C9H9N3O2. The molecule has 0 aromatic carbocycles. The zero-order valence-electron chi connectivity index (χ0n) is 7.42. The highest BCUT2D eigenvalue weighted by atomic mass is 16.4. The van der Waals surface area contributed by atoms with Crippen LogP contribution >= 0.6 is 0 Å². The van der Waals surface area contributed by atoms with Gasteiger partial charge in [-0.25, -0.2) is 4.98 Å². The highest BCUT2D eigenvalue weighted by Gasteiger charge is 2.05. The molecular weight excluding hydrogens is 182 g/mol. The second kappa shape index (κ2) is 3.45. The maximum Gasteiger partial charge on any atom is 0.303 e. The van der Waals surface area contributed by atoms with E-state index in [0.717, 1.165) is 11.2 Å². The van der Waals surface area contributed by atoms with Gasteiger partial charge in [0.1, 0.15) is 0 Å². The largest absolute Gasteiger partial charge is 0.481 e. The topological polar surface area (TPSA) is 67.5 Å². The molecule has 0 aliphatic carbocycles. The molecule has 2 heterocycles. The van der Waals surface area contributed by atoms with Crippen LogP contribution in [0.5, 0.6) is 0 Å². The van der Waals surface area contributed by atoms with Crippen LogP contribution in [-0.4, -0.2) is 25.4 Å². The van der Waals surface area contributed by atoms with Gasteiger partial charge in [0.2, 0.25) is 0 Å². The van der Waals surface area contributed by atoms with Crippen molar-refractivity contribution in [1.82, 2.24) is 14.4 Å². The van der Waals surface area contributed by atoms with Crippen LogP contribution in [0.2, 0.25) is 0 Å². The number of carboxylic acid groups (broad SMARTS) is 1. The minimum Gasteiger partial charge on any atom is -0.481 e. The van der Waals surface area contributed by atoms with Crippen LogP contribution < -0.4 is 0 Å². The Balaban J connectivity index is 2.29. The fourth-order valence-electron chi connectivity index (χ4n) is 1.31. The molecule has 2 rings (SSSR count). The third-order valence-electron chi connectivity index (χ3n) is 2.00. The molecule has 0 aliphatic heterocycles. The van der Waals surface area contributed by atoms with Crippen molar-refractivity contribution in [2.45, 2.75) is 12.8 Å². The van der Waals surface area contributed by atoms with Crippen molar-refractivity contribution in [3.63, 3.8) is 0 Å². The van der Waals surface area contributed by atoms with Gasteiger partial charge in [0.15, 0.2) is 0 Å². The monoisotopic (exact) mass is 191 g/mol. The number of aryl methyl sites for hydroxylation is 1. The van der Waals surface area contributed by atoms with Crippen molar-refractivity contribution in [3.8, 4) is 0 Å². The second-order valence-electron chi connectivity index (χ2n) is 2.95. The fraction of sp³-hybridized carbons (Fsp3) is 0.222. The molecule has 0 saturated carbocycles. The lowest BCUT2D eigenvalue weighted by Crippen LogP contribution is -1.98. The number of carbonyl (C=O) groups is 1. The van der Waals surface area contributed by atoms with Gasteiger partial charge in [-0.2, -0.15) is 0 Å². The number of imidazole rings is 1. The highest BCUT2D eigenvalue weighted by Crippen LogP contribution is 2.09. The Hall–Kier alpha value is -1.91. The van der Waals surface area contributed by atoms with Crippen LogP contribution in [0.25, 0.3) is 5.52 Å². The quantitative estimate of drug-likeness (QED) is 0.777.